The molecule has 3 rings (SSSR count). The third-order valence-electron chi connectivity index (χ3n) is 4.26. The van der Waals surface area contributed by atoms with Crippen molar-refractivity contribution in [3.05, 3.63) is 11.7 Å². The lowest BCUT2D eigenvalue weighted by Crippen LogP contribution is -2.50. The van der Waals surface area contributed by atoms with Gasteiger partial charge in [-0.2, -0.15) is 4.98 Å². The van der Waals surface area contributed by atoms with Gasteiger partial charge >= 0.3 is 0 Å². The maximum Gasteiger partial charge on any atom is 0.227 e. The van der Waals surface area contributed by atoms with Crippen LogP contribution in [-0.4, -0.2) is 72.3 Å². The molecule has 1 saturated heterocycles. The van der Waals surface area contributed by atoms with E-state index in [4.69, 9.17) is 4.52 Å². The highest BCUT2D eigenvalue weighted by Crippen LogP contribution is 2.18. The second kappa shape index (κ2) is 6.20. The Morgan fingerprint density at radius 2 is 2.15 bits per heavy atom. The summed E-state index contributed by atoms with van der Waals surface area (Å²) in [5.74, 6) is 1.61. The SMILES string of the molecule is CN1CCN(C)C(Cc2noc(CCNC3CC3)n2)C1. The number of hydrogen-bond donors (Lipinski definition) is 1. The monoisotopic (exact) mass is 279 g/mol. The zero-order valence-electron chi connectivity index (χ0n) is 12.5. The number of piperazine rings is 1. The van der Waals surface area contributed by atoms with Gasteiger partial charge in [0.05, 0.1) is 0 Å². The maximum absolute atomic E-state index is 5.34. The van der Waals surface area contributed by atoms with Gasteiger partial charge in [-0.05, 0) is 26.9 Å². The summed E-state index contributed by atoms with van der Waals surface area (Å²) in [6, 6.07) is 1.23. The molecule has 20 heavy (non-hydrogen) atoms. The number of nitrogens with one attached hydrogen (secondary N) is 1. The average molecular weight is 279 g/mol. The minimum absolute atomic E-state index is 0.490. The third-order valence-corrected chi connectivity index (χ3v) is 4.26. The van der Waals surface area contributed by atoms with E-state index in [9.17, 15) is 0 Å². The molecule has 6 heteroatoms. The zero-order valence-corrected chi connectivity index (χ0v) is 12.5. The first-order valence-corrected chi connectivity index (χ1v) is 7.64. The molecule has 0 spiro atoms. The summed E-state index contributed by atoms with van der Waals surface area (Å²) in [5.41, 5.74) is 0. The zero-order chi connectivity index (χ0) is 13.9. The molecule has 1 N–H and O–H groups in total. The summed E-state index contributed by atoms with van der Waals surface area (Å²) < 4.78 is 5.34. The molecule has 1 saturated carbocycles. The Morgan fingerprint density at radius 1 is 1.30 bits per heavy atom. The van der Waals surface area contributed by atoms with Crippen molar-refractivity contribution >= 4 is 0 Å². The Kier molecular flexibility index (Phi) is 4.33. The van der Waals surface area contributed by atoms with Gasteiger partial charge in [0.15, 0.2) is 5.82 Å². The molecule has 1 aliphatic heterocycles. The summed E-state index contributed by atoms with van der Waals surface area (Å²) in [6.07, 6.45) is 4.34. The highest BCUT2D eigenvalue weighted by Gasteiger charge is 2.24. The summed E-state index contributed by atoms with van der Waals surface area (Å²) >= 11 is 0. The fraction of sp³-hybridized carbons (Fsp3) is 0.857. The first-order valence-electron chi connectivity index (χ1n) is 7.64. The van der Waals surface area contributed by atoms with E-state index >= 15 is 0 Å². The average Bonchev–Trinajstić information content (AvgIpc) is 3.14. The van der Waals surface area contributed by atoms with E-state index in [-0.39, 0.29) is 0 Å². The molecule has 0 bridgehead atoms. The first-order chi connectivity index (χ1) is 9.70. The minimum atomic E-state index is 0.490. The van der Waals surface area contributed by atoms with E-state index in [0.29, 0.717) is 6.04 Å². The molecule has 1 atom stereocenters. The molecule has 1 aliphatic carbocycles. The molecular formula is C14H25N5O. The van der Waals surface area contributed by atoms with E-state index in [2.05, 4.69) is 39.4 Å². The van der Waals surface area contributed by atoms with Gasteiger partial charge in [-0.25, -0.2) is 0 Å². The molecule has 112 valence electrons. The fourth-order valence-electron chi connectivity index (χ4n) is 2.68. The summed E-state index contributed by atoms with van der Waals surface area (Å²) in [7, 11) is 4.35. The normalized spacial score (nSPS) is 25.2. The lowest BCUT2D eigenvalue weighted by Gasteiger charge is -2.37. The fourth-order valence-corrected chi connectivity index (χ4v) is 2.68. The van der Waals surface area contributed by atoms with Crippen molar-refractivity contribution < 1.29 is 4.52 Å². The molecule has 0 radical (unpaired) electrons. The quantitative estimate of drug-likeness (QED) is 0.800. The van der Waals surface area contributed by atoms with Crippen molar-refractivity contribution in [1.29, 1.82) is 0 Å². The van der Waals surface area contributed by atoms with E-state index in [0.717, 1.165) is 56.8 Å². The van der Waals surface area contributed by atoms with Gasteiger partial charge in [0.2, 0.25) is 5.89 Å². The van der Waals surface area contributed by atoms with Gasteiger partial charge in [-0.3, -0.25) is 0 Å². The van der Waals surface area contributed by atoms with Gasteiger partial charge in [-0.15, -0.1) is 0 Å². The van der Waals surface area contributed by atoms with Crippen LogP contribution in [-0.2, 0) is 12.8 Å². The molecule has 2 fully saturated rings. The van der Waals surface area contributed by atoms with Crippen LogP contribution in [0, 0.1) is 0 Å². The molecule has 1 aromatic heterocycles. The smallest absolute Gasteiger partial charge is 0.227 e. The minimum Gasteiger partial charge on any atom is -0.339 e. The molecule has 0 aromatic carbocycles. The Morgan fingerprint density at radius 3 is 2.95 bits per heavy atom. The van der Waals surface area contributed by atoms with E-state index in [1.807, 2.05) is 0 Å². The van der Waals surface area contributed by atoms with Crippen LogP contribution >= 0.6 is 0 Å². The molecular weight excluding hydrogens is 254 g/mol. The van der Waals surface area contributed by atoms with Crippen LogP contribution in [0.1, 0.15) is 24.6 Å². The van der Waals surface area contributed by atoms with E-state index < -0.39 is 0 Å². The van der Waals surface area contributed by atoms with Gasteiger partial charge < -0.3 is 19.6 Å². The van der Waals surface area contributed by atoms with Crippen LogP contribution < -0.4 is 5.32 Å². The Balaban J connectivity index is 1.48. The lowest BCUT2D eigenvalue weighted by atomic mass is 10.1. The molecule has 1 unspecified atom stereocenters. The molecule has 6 nitrogen and oxygen atoms in total. The third kappa shape index (κ3) is 3.77. The molecule has 0 amide bonds. The highest BCUT2D eigenvalue weighted by molar-refractivity contribution is 4.93. The van der Waals surface area contributed by atoms with E-state index in [1.165, 1.54) is 12.8 Å². The number of rotatable bonds is 6. The van der Waals surface area contributed by atoms with Gasteiger partial charge in [-0.1, -0.05) is 5.16 Å². The first kappa shape index (κ1) is 14.0. The van der Waals surface area contributed by atoms with Crippen molar-refractivity contribution in [2.24, 2.45) is 0 Å². The van der Waals surface area contributed by atoms with Crippen LogP contribution in [0.5, 0.6) is 0 Å². The number of aromatic nitrogens is 2. The number of nitrogens with zero attached hydrogens (tertiary/aromatic N) is 4. The van der Waals surface area contributed by atoms with Crippen LogP contribution in [0.15, 0.2) is 4.52 Å². The Bertz CT molecular complexity index is 431. The summed E-state index contributed by atoms with van der Waals surface area (Å²) in [4.78, 5) is 9.28. The van der Waals surface area contributed by atoms with E-state index in [1.54, 1.807) is 0 Å². The topological polar surface area (TPSA) is 57.4 Å². The maximum atomic E-state index is 5.34. The van der Waals surface area contributed by atoms with Gasteiger partial charge in [0.1, 0.15) is 0 Å². The standard InChI is InChI=1S/C14H25N5O/c1-18-7-8-19(2)12(10-18)9-13-16-14(20-17-13)5-6-15-11-3-4-11/h11-12,15H,3-10H2,1-2H3. The predicted molar refractivity (Wildman–Crippen MR) is 76.6 cm³/mol. The van der Waals surface area contributed by atoms with Crippen molar-refractivity contribution in [1.82, 2.24) is 25.3 Å². The van der Waals surface area contributed by atoms with Crippen molar-refractivity contribution in [2.45, 2.75) is 37.8 Å². The molecule has 2 heterocycles. The predicted octanol–water partition coefficient (Wildman–Crippen LogP) is 0.152. The van der Waals surface area contributed by atoms with Crippen molar-refractivity contribution in [3.8, 4) is 0 Å². The molecule has 1 aromatic rings. The Hall–Kier alpha value is -0.980. The summed E-state index contributed by atoms with van der Waals surface area (Å²) in [5, 5.41) is 7.59. The lowest BCUT2D eigenvalue weighted by molar-refractivity contribution is 0.113. The molecule has 2 aliphatic rings. The van der Waals surface area contributed by atoms with Crippen LogP contribution in [0.3, 0.4) is 0 Å². The van der Waals surface area contributed by atoms with Gasteiger partial charge in [0, 0.05) is 51.1 Å². The van der Waals surface area contributed by atoms with Gasteiger partial charge in [0.25, 0.3) is 0 Å². The van der Waals surface area contributed by atoms with Crippen LogP contribution in [0.25, 0.3) is 0 Å². The summed E-state index contributed by atoms with van der Waals surface area (Å²) in [6.45, 7) is 4.26. The van der Waals surface area contributed by atoms with Crippen molar-refractivity contribution in [2.75, 3.05) is 40.3 Å². The number of hydrogen-bond acceptors (Lipinski definition) is 6. The highest BCUT2D eigenvalue weighted by atomic mass is 16.5. The van der Waals surface area contributed by atoms with Crippen LogP contribution in [0.4, 0.5) is 0 Å². The second-order valence-corrected chi connectivity index (χ2v) is 6.18. The largest absolute Gasteiger partial charge is 0.339 e. The Labute approximate surface area is 120 Å². The number of likely N-dealkylation sites (N-methyl/N-ethyl adjacent to an activating group) is 2. The second-order valence-electron chi connectivity index (χ2n) is 6.18. The van der Waals surface area contributed by atoms with Crippen LogP contribution in [0.2, 0.25) is 0 Å². The van der Waals surface area contributed by atoms with Crippen molar-refractivity contribution in [3.63, 3.8) is 0 Å².